The highest BCUT2D eigenvalue weighted by Crippen LogP contribution is 2.34. The molecule has 2 aromatic rings. The molecular formula is C15H14O4. The minimum Gasteiger partial charge on any atom is -0.507 e. The number of phenols is 2. The summed E-state index contributed by atoms with van der Waals surface area (Å²) in [6.07, 6.45) is 0. The van der Waals surface area contributed by atoms with Crippen LogP contribution in [-0.2, 0) is 6.61 Å². The number of carbonyl (C=O) groups is 1. The number of hydrogen-bond donors (Lipinski definition) is 2. The molecule has 0 unspecified atom stereocenters. The number of aromatic hydroxyl groups is 2. The summed E-state index contributed by atoms with van der Waals surface area (Å²) in [6, 6.07) is 11.9. The van der Waals surface area contributed by atoms with Gasteiger partial charge in [0.15, 0.2) is 17.3 Å². The summed E-state index contributed by atoms with van der Waals surface area (Å²) in [6.45, 7) is 1.59. The van der Waals surface area contributed by atoms with E-state index in [-0.39, 0.29) is 35.2 Å². The van der Waals surface area contributed by atoms with Gasteiger partial charge < -0.3 is 14.9 Å². The van der Waals surface area contributed by atoms with E-state index >= 15 is 0 Å². The Morgan fingerprint density at radius 3 is 2.42 bits per heavy atom. The van der Waals surface area contributed by atoms with Crippen molar-refractivity contribution in [3.8, 4) is 17.2 Å². The van der Waals surface area contributed by atoms with Gasteiger partial charge in [-0.3, -0.25) is 4.79 Å². The van der Waals surface area contributed by atoms with Crippen molar-refractivity contribution in [1.29, 1.82) is 0 Å². The van der Waals surface area contributed by atoms with Gasteiger partial charge in [0, 0.05) is 6.07 Å². The van der Waals surface area contributed by atoms with Crippen molar-refractivity contribution in [2.45, 2.75) is 13.5 Å². The molecule has 0 aliphatic carbocycles. The largest absolute Gasteiger partial charge is 0.507 e. The zero-order chi connectivity index (χ0) is 13.8. The Balaban J connectivity index is 2.17. The Labute approximate surface area is 110 Å². The molecule has 0 bridgehead atoms. The number of carbonyl (C=O) groups excluding carboxylic acids is 1. The summed E-state index contributed by atoms with van der Waals surface area (Å²) < 4.78 is 5.42. The molecule has 2 N–H and O–H groups in total. The zero-order valence-electron chi connectivity index (χ0n) is 10.5. The van der Waals surface area contributed by atoms with Gasteiger partial charge in [0.2, 0.25) is 0 Å². The lowest BCUT2D eigenvalue weighted by Gasteiger charge is -2.10. The summed E-state index contributed by atoms with van der Waals surface area (Å²) in [5.74, 6) is -0.541. The van der Waals surface area contributed by atoms with Crippen molar-refractivity contribution >= 4 is 5.78 Å². The van der Waals surface area contributed by atoms with Crippen molar-refractivity contribution in [1.82, 2.24) is 0 Å². The number of hydrogen-bond acceptors (Lipinski definition) is 4. The second kappa shape index (κ2) is 5.44. The van der Waals surface area contributed by atoms with Crippen LogP contribution in [0.5, 0.6) is 17.2 Å². The maximum atomic E-state index is 11.2. The zero-order valence-corrected chi connectivity index (χ0v) is 10.5. The third kappa shape index (κ3) is 3.04. The summed E-state index contributed by atoms with van der Waals surface area (Å²) in [5.41, 5.74) is 1.02. The van der Waals surface area contributed by atoms with Crippen molar-refractivity contribution in [3.05, 3.63) is 53.6 Å². The molecular weight excluding hydrogens is 244 g/mol. The molecule has 0 saturated heterocycles. The smallest absolute Gasteiger partial charge is 0.165 e. The lowest BCUT2D eigenvalue weighted by Crippen LogP contribution is -1.98. The Morgan fingerprint density at radius 1 is 1.11 bits per heavy atom. The number of ketones is 1. The van der Waals surface area contributed by atoms with Crippen LogP contribution < -0.4 is 4.74 Å². The van der Waals surface area contributed by atoms with Crippen LogP contribution in [0.2, 0.25) is 0 Å². The van der Waals surface area contributed by atoms with E-state index in [0.29, 0.717) is 0 Å². The van der Waals surface area contributed by atoms with E-state index in [1.54, 1.807) is 0 Å². The monoisotopic (exact) mass is 258 g/mol. The fourth-order valence-electron chi connectivity index (χ4n) is 1.69. The van der Waals surface area contributed by atoms with Crippen molar-refractivity contribution < 1.29 is 19.7 Å². The molecule has 98 valence electrons. The number of phenolic OH excluding ortho intramolecular Hbond substituents is 2. The first kappa shape index (κ1) is 13.0. The van der Waals surface area contributed by atoms with Gasteiger partial charge in [-0.1, -0.05) is 30.3 Å². The highest BCUT2D eigenvalue weighted by atomic mass is 16.5. The average molecular weight is 258 g/mol. The number of ether oxygens (including phenoxy) is 1. The molecule has 0 radical (unpaired) electrons. The van der Waals surface area contributed by atoms with E-state index in [2.05, 4.69) is 0 Å². The molecule has 0 saturated carbocycles. The average Bonchev–Trinajstić information content (AvgIpc) is 2.40. The first-order valence-corrected chi connectivity index (χ1v) is 5.81. The molecule has 0 heterocycles. The number of benzene rings is 2. The van der Waals surface area contributed by atoms with Gasteiger partial charge >= 0.3 is 0 Å². The molecule has 19 heavy (non-hydrogen) atoms. The summed E-state index contributed by atoms with van der Waals surface area (Å²) in [7, 11) is 0. The van der Waals surface area contributed by atoms with Crippen molar-refractivity contribution in [2.75, 3.05) is 0 Å². The fraction of sp³-hybridized carbons (Fsp3) is 0.133. The van der Waals surface area contributed by atoms with Crippen molar-refractivity contribution in [2.24, 2.45) is 0 Å². The molecule has 0 fully saturated rings. The molecule has 0 aliphatic heterocycles. The molecule has 4 nitrogen and oxygen atoms in total. The second-order valence-electron chi connectivity index (χ2n) is 4.17. The van der Waals surface area contributed by atoms with E-state index in [9.17, 15) is 15.0 Å². The Morgan fingerprint density at radius 2 is 1.79 bits per heavy atom. The van der Waals surface area contributed by atoms with E-state index in [1.165, 1.54) is 19.1 Å². The lowest BCUT2D eigenvalue weighted by atomic mass is 10.1. The topological polar surface area (TPSA) is 66.8 Å². The molecule has 4 heteroatoms. The molecule has 2 rings (SSSR count). The van der Waals surface area contributed by atoms with Gasteiger partial charge in [-0.15, -0.1) is 0 Å². The van der Waals surface area contributed by atoms with Gasteiger partial charge in [0.05, 0.1) is 5.56 Å². The van der Waals surface area contributed by atoms with Crippen LogP contribution >= 0.6 is 0 Å². The molecule has 0 spiro atoms. The van der Waals surface area contributed by atoms with Crippen molar-refractivity contribution in [3.63, 3.8) is 0 Å². The molecule has 0 atom stereocenters. The first-order chi connectivity index (χ1) is 9.08. The Kier molecular flexibility index (Phi) is 3.71. The van der Waals surface area contributed by atoms with E-state index in [1.807, 2.05) is 30.3 Å². The van der Waals surface area contributed by atoms with Gasteiger partial charge in [-0.05, 0) is 18.6 Å². The van der Waals surface area contributed by atoms with Crippen LogP contribution in [0.15, 0.2) is 42.5 Å². The van der Waals surface area contributed by atoms with E-state index in [0.717, 1.165) is 5.56 Å². The first-order valence-electron chi connectivity index (χ1n) is 5.81. The van der Waals surface area contributed by atoms with E-state index < -0.39 is 0 Å². The fourth-order valence-corrected chi connectivity index (χ4v) is 1.69. The summed E-state index contributed by atoms with van der Waals surface area (Å²) in [4.78, 5) is 11.2. The van der Waals surface area contributed by atoms with Gasteiger partial charge in [0.25, 0.3) is 0 Å². The molecule has 0 aliphatic rings. The van der Waals surface area contributed by atoms with Crippen LogP contribution in [0.25, 0.3) is 0 Å². The Bertz CT molecular complexity index is 591. The van der Waals surface area contributed by atoms with E-state index in [4.69, 9.17) is 4.74 Å². The molecule has 2 aromatic carbocycles. The number of Topliss-reactive ketones (excluding diaryl/α,β-unsaturated/α-hetero) is 1. The maximum absolute atomic E-state index is 11.2. The van der Waals surface area contributed by atoms with Crippen LogP contribution in [-0.4, -0.2) is 16.0 Å². The van der Waals surface area contributed by atoms with Crippen LogP contribution in [0, 0.1) is 0 Å². The molecule has 0 amide bonds. The number of rotatable bonds is 4. The Hall–Kier alpha value is -2.49. The van der Waals surface area contributed by atoms with Gasteiger partial charge in [0.1, 0.15) is 12.4 Å². The highest BCUT2D eigenvalue weighted by molar-refractivity contribution is 5.97. The minimum absolute atomic E-state index is 0.0737. The quantitative estimate of drug-likeness (QED) is 0.653. The predicted octanol–water partition coefficient (Wildman–Crippen LogP) is 2.88. The second-order valence-corrected chi connectivity index (χ2v) is 4.17. The van der Waals surface area contributed by atoms with Crippen LogP contribution in [0.3, 0.4) is 0 Å². The SMILES string of the molecule is CC(=O)c1cc(O)c(OCc2ccccc2)cc1O. The normalized spacial score (nSPS) is 10.2. The maximum Gasteiger partial charge on any atom is 0.165 e. The highest BCUT2D eigenvalue weighted by Gasteiger charge is 2.12. The minimum atomic E-state index is -0.317. The van der Waals surface area contributed by atoms with Crippen LogP contribution in [0.1, 0.15) is 22.8 Å². The molecule has 0 aromatic heterocycles. The third-order valence-corrected chi connectivity index (χ3v) is 2.69. The summed E-state index contributed by atoms with van der Waals surface area (Å²) >= 11 is 0. The lowest BCUT2D eigenvalue weighted by molar-refractivity contribution is 0.101. The third-order valence-electron chi connectivity index (χ3n) is 2.69. The predicted molar refractivity (Wildman–Crippen MR) is 70.6 cm³/mol. The standard InChI is InChI=1S/C15H14O4/c1-10(16)12-7-14(18)15(8-13(12)17)19-9-11-5-3-2-4-6-11/h2-8,17-18H,9H2,1H3. The van der Waals surface area contributed by atoms with Gasteiger partial charge in [-0.2, -0.15) is 0 Å². The summed E-state index contributed by atoms with van der Waals surface area (Å²) in [5, 5.41) is 19.4. The van der Waals surface area contributed by atoms with Crippen LogP contribution in [0.4, 0.5) is 0 Å². The van der Waals surface area contributed by atoms with Gasteiger partial charge in [-0.25, -0.2) is 0 Å².